The molecule has 7 heteroatoms. The molecule has 3 N–H and O–H groups in total. The Labute approximate surface area is 162 Å². The zero-order valence-corrected chi connectivity index (χ0v) is 16.0. The van der Waals surface area contributed by atoms with Gasteiger partial charge in [0, 0.05) is 24.1 Å². The van der Waals surface area contributed by atoms with Crippen molar-refractivity contribution in [2.24, 2.45) is 0 Å². The van der Waals surface area contributed by atoms with E-state index in [1.165, 1.54) is 18.7 Å². The third-order valence-corrected chi connectivity index (χ3v) is 4.88. The molecule has 0 saturated carbocycles. The fraction of sp³-hybridized carbons (Fsp3) is 0.250. The predicted molar refractivity (Wildman–Crippen MR) is 106 cm³/mol. The van der Waals surface area contributed by atoms with Gasteiger partial charge in [0.15, 0.2) is 0 Å². The Balaban J connectivity index is 1.78. The predicted octanol–water partition coefficient (Wildman–Crippen LogP) is 3.18. The number of benzene rings is 2. The third kappa shape index (κ3) is 6.79. The minimum absolute atomic E-state index is 0.0620. The van der Waals surface area contributed by atoms with E-state index in [4.69, 9.17) is 5.11 Å². The molecule has 0 aromatic heterocycles. The standard InChI is InChI=1S/C20H22N2O4S/c1-13(27-18-9-7-17(8-10-18)22-14(2)23)19(24)21-12-11-15-3-5-16(6-4-15)20(25)26/h3-10,13H,11-12H2,1-2H3,(H,21,24)(H,22,23)(H,25,26). The van der Waals surface area contributed by atoms with Crippen LogP contribution in [0.4, 0.5) is 5.69 Å². The molecule has 0 fully saturated rings. The first-order chi connectivity index (χ1) is 12.8. The molecule has 1 atom stereocenters. The summed E-state index contributed by atoms with van der Waals surface area (Å²) in [5.41, 5.74) is 1.93. The van der Waals surface area contributed by atoms with Gasteiger partial charge in [0.1, 0.15) is 0 Å². The van der Waals surface area contributed by atoms with Crippen LogP contribution in [-0.2, 0) is 16.0 Å². The second kappa shape index (κ2) is 9.78. The molecular weight excluding hydrogens is 364 g/mol. The number of hydrogen-bond donors (Lipinski definition) is 3. The van der Waals surface area contributed by atoms with Crippen LogP contribution in [0.1, 0.15) is 29.8 Å². The van der Waals surface area contributed by atoms with Crippen molar-refractivity contribution in [3.8, 4) is 0 Å². The van der Waals surface area contributed by atoms with E-state index in [1.807, 2.05) is 19.1 Å². The molecule has 0 saturated heterocycles. The summed E-state index contributed by atoms with van der Waals surface area (Å²) >= 11 is 1.44. The van der Waals surface area contributed by atoms with Crippen molar-refractivity contribution in [2.75, 3.05) is 11.9 Å². The molecule has 6 nitrogen and oxygen atoms in total. The van der Waals surface area contributed by atoms with Crippen molar-refractivity contribution >= 4 is 35.2 Å². The lowest BCUT2D eigenvalue weighted by atomic mass is 10.1. The van der Waals surface area contributed by atoms with Gasteiger partial charge in [-0.25, -0.2) is 4.79 Å². The van der Waals surface area contributed by atoms with E-state index in [-0.39, 0.29) is 22.6 Å². The highest BCUT2D eigenvalue weighted by Crippen LogP contribution is 2.24. The minimum Gasteiger partial charge on any atom is -0.478 e. The highest BCUT2D eigenvalue weighted by molar-refractivity contribution is 8.00. The lowest BCUT2D eigenvalue weighted by molar-refractivity contribution is -0.120. The number of carboxylic acids is 1. The van der Waals surface area contributed by atoms with Gasteiger partial charge in [-0.2, -0.15) is 0 Å². The first-order valence-electron chi connectivity index (χ1n) is 8.49. The van der Waals surface area contributed by atoms with Gasteiger partial charge >= 0.3 is 5.97 Å². The highest BCUT2D eigenvalue weighted by Gasteiger charge is 2.14. The van der Waals surface area contributed by atoms with Crippen LogP contribution in [0.2, 0.25) is 0 Å². The van der Waals surface area contributed by atoms with Gasteiger partial charge < -0.3 is 15.7 Å². The molecule has 1 unspecified atom stereocenters. The first kappa shape index (κ1) is 20.5. The molecule has 2 aromatic carbocycles. The smallest absolute Gasteiger partial charge is 0.335 e. The van der Waals surface area contributed by atoms with E-state index in [1.54, 1.807) is 36.4 Å². The van der Waals surface area contributed by atoms with Gasteiger partial charge in [-0.1, -0.05) is 12.1 Å². The van der Waals surface area contributed by atoms with Crippen molar-refractivity contribution in [1.29, 1.82) is 0 Å². The Morgan fingerprint density at radius 2 is 1.67 bits per heavy atom. The van der Waals surface area contributed by atoms with Gasteiger partial charge in [0.05, 0.1) is 10.8 Å². The molecular formula is C20H22N2O4S. The highest BCUT2D eigenvalue weighted by atomic mass is 32.2. The molecule has 0 heterocycles. The van der Waals surface area contributed by atoms with E-state index in [2.05, 4.69) is 10.6 Å². The quantitative estimate of drug-likeness (QED) is 0.606. The second-order valence-electron chi connectivity index (χ2n) is 6.01. The summed E-state index contributed by atoms with van der Waals surface area (Å²) in [6, 6.07) is 14.0. The van der Waals surface area contributed by atoms with Crippen molar-refractivity contribution in [1.82, 2.24) is 5.32 Å². The van der Waals surface area contributed by atoms with Crippen LogP contribution in [0.15, 0.2) is 53.4 Å². The molecule has 2 rings (SSSR count). The number of thioether (sulfide) groups is 1. The topological polar surface area (TPSA) is 95.5 Å². The van der Waals surface area contributed by atoms with Gasteiger partial charge in [-0.05, 0) is 55.3 Å². The zero-order chi connectivity index (χ0) is 19.8. The van der Waals surface area contributed by atoms with Crippen LogP contribution in [0.25, 0.3) is 0 Å². The summed E-state index contributed by atoms with van der Waals surface area (Å²) in [6.07, 6.45) is 0.633. The molecule has 0 aliphatic carbocycles. The van der Waals surface area contributed by atoms with Crippen LogP contribution in [0.3, 0.4) is 0 Å². The van der Waals surface area contributed by atoms with Crippen LogP contribution >= 0.6 is 11.8 Å². The van der Waals surface area contributed by atoms with E-state index < -0.39 is 5.97 Å². The number of hydrogen-bond acceptors (Lipinski definition) is 4. The van der Waals surface area contributed by atoms with Gasteiger partial charge in [-0.15, -0.1) is 11.8 Å². The molecule has 0 aliphatic heterocycles. The van der Waals surface area contributed by atoms with Crippen LogP contribution in [-0.4, -0.2) is 34.7 Å². The Morgan fingerprint density at radius 3 is 2.22 bits per heavy atom. The number of aromatic carboxylic acids is 1. The van der Waals surface area contributed by atoms with Gasteiger partial charge in [-0.3, -0.25) is 9.59 Å². The fourth-order valence-electron chi connectivity index (χ4n) is 2.37. The van der Waals surface area contributed by atoms with Crippen molar-refractivity contribution in [3.05, 3.63) is 59.7 Å². The lowest BCUT2D eigenvalue weighted by Gasteiger charge is -2.12. The van der Waals surface area contributed by atoms with Crippen molar-refractivity contribution in [3.63, 3.8) is 0 Å². The average Bonchev–Trinajstić information content (AvgIpc) is 2.63. The van der Waals surface area contributed by atoms with E-state index >= 15 is 0 Å². The number of carboxylic acid groups (broad SMARTS) is 1. The van der Waals surface area contributed by atoms with Gasteiger partial charge in [0.2, 0.25) is 11.8 Å². The molecule has 142 valence electrons. The molecule has 0 spiro atoms. The van der Waals surface area contributed by atoms with Gasteiger partial charge in [0.25, 0.3) is 0 Å². The maximum atomic E-state index is 12.2. The Bertz CT molecular complexity index is 804. The molecule has 27 heavy (non-hydrogen) atoms. The maximum Gasteiger partial charge on any atom is 0.335 e. The summed E-state index contributed by atoms with van der Waals surface area (Å²) in [7, 11) is 0. The number of amides is 2. The molecule has 0 aliphatic rings. The zero-order valence-electron chi connectivity index (χ0n) is 15.2. The number of carbonyl (C=O) groups is 3. The number of nitrogens with one attached hydrogen (secondary N) is 2. The second-order valence-corrected chi connectivity index (χ2v) is 7.42. The van der Waals surface area contributed by atoms with E-state index in [0.717, 1.165) is 16.1 Å². The number of carbonyl (C=O) groups excluding carboxylic acids is 2. The molecule has 2 aromatic rings. The van der Waals surface area contributed by atoms with E-state index in [0.29, 0.717) is 13.0 Å². The molecule has 2 amide bonds. The largest absolute Gasteiger partial charge is 0.478 e. The van der Waals surface area contributed by atoms with Crippen molar-refractivity contribution in [2.45, 2.75) is 30.4 Å². The SMILES string of the molecule is CC(=O)Nc1ccc(SC(C)C(=O)NCCc2ccc(C(=O)O)cc2)cc1. The lowest BCUT2D eigenvalue weighted by Crippen LogP contribution is -2.32. The summed E-state index contributed by atoms with van der Waals surface area (Å²) in [5, 5.41) is 14.2. The summed E-state index contributed by atoms with van der Waals surface area (Å²) in [4.78, 5) is 35.0. The Kier molecular flexibility index (Phi) is 7.43. The monoisotopic (exact) mass is 386 g/mol. The summed E-state index contributed by atoms with van der Waals surface area (Å²) < 4.78 is 0. The summed E-state index contributed by atoms with van der Waals surface area (Å²) in [5.74, 6) is -1.14. The number of anilines is 1. The van der Waals surface area contributed by atoms with Crippen LogP contribution in [0.5, 0.6) is 0 Å². The minimum atomic E-state index is -0.953. The number of rotatable bonds is 8. The van der Waals surface area contributed by atoms with Crippen LogP contribution < -0.4 is 10.6 Å². The summed E-state index contributed by atoms with van der Waals surface area (Å²) in [6.45, 7) is 3.77. The molecule has 0 bridgehead atoms. The van der Waals surface area contributed by atoms with E-state index in [9.17, 15) is 14.4 Å². The Hall–Kier alpha value is -2.80. The Morgan fingerprint density at radius 1 is 1.04 bits per heavy atom. The van der Waals surface area contributed by atoms with Crippen molar-refractivity contribution < 1.29 is 19.5 Å². The normalized spacial score (nSPS) is 11.5. The molecule has 0 radical (unpaired) electrons. The van der Waals surface area contributed by atoms with Crippen LogP contribution in [0, 0.1) is 0 Å². The maximum absolute atomic E-state index is 12.2. The first-order valence-corrected chi connectivity index (χ1v) is 9.37. The fourth-order valence-corrected chi connectivity index (χ4v) is 3.26. The third-order valence-electron chi connectivity index (χ3n) is 3.77. The average molecular weight is 386 g/mol.